The second-order valence-electron chi connectivity index (χ2n) is 2.36. The molecule has 1 aromatic carbocycles. The highest BCUT2D eigenvalue weighted by atomic mass is 19.2. The zero-order chi connectivity index (χ0) is 8.27. The molecule has 0 heterocycles. The molecular weight excluding hydrogens is 148 g/mol. The van der Waals surface area contributed by atoms with Gasteiger partial charge in [-0.15, -0.1) is 0 Å². The average Bonchev–Trinajstić information content (AvgIpc) is 1.98. The first-order chi connectivity index (χ1) is 5.24. The maximum absolute atomic E-state index is 12.5. The molecule has 0 aliphatic rings. The molecule has 2 N–H and O–H groups in total. The minimum Gasteiger partial charge on any atom is -0.345 e. The summed E-state index contributed by atoms with van der Waals surface area (Å²) in [6.45, 7) is 0.678. The predicted molar refractivity (Wildman–Crippen MR) is 37.9 cm³/mol. The van der Waals surface area contributed by atoms with Gasteiger partial charge in [0.2, 0.25) is 0 Å². The minimum absolute atomic E-state index is 0.678. The maximum Gasteiger partial charge on any atom is 0.159 e. The van der Waals surface area contributed by atoms with E-state index >= 15 is 0 Å². The van der Waals surface area contributed by atoms with Crippen LogP contribution in [0.25, 0.3) is 0 Å². The Morgan fingerprint density at radius 1 is 1.27 bits per heavy atom. The van der Waals surface area contributed by atoms with Gasteiger partial charge in [-0.25, -0.2) is 8.78 Å². The van der Waals surface area contributed by atoms with Crippen LogP contribution in [0, 0.1) is 11.6 Å². The Labute approximate surface area is 64.0 Å². The Hall–Kier alpha value is -0.960. The lowest BCUT2D eigenvalue weighted by Crippen LogP contribution is -2.77. The number of hydrogen-bond acceptors (Lipinski definition) is 0. The molecule has 0 aliphatic carbocycles. The normalized spacial score (nSPS) is 10.1. The average molecular weight is 158 g/mol. The molecule has 11 heavy (non-hydrogen) atoms. The van der Waals surface area contributed by atoms with Crippen molar-refractivity contribution in [2.75, 3.05) is 7.05 Å². The summed E-state index contributed by atoms with van der Waals surface area (Å²) in [6, 6.07) is 3.95. The highest BCUT2D eigenvalue weighted by molar-refractivity contribution is 5.16. The van der Waals surface area contributed by atoms with Crippen LogP contribution in [0.1, 0.15) is 5.56 Å². The first kappa shape index (κ1) is 8.14. The van der Waals surface area contributed by atoms with Crippen molar-refractivity contribution in [1.29, 1.82) is 0 Å². The first-order valence-electron chi connectivity index (χ1n) is 3.46. The number of rotatable bonds is 2. The van der Waals surface area contributed by atoms with Crippen molar-refractivity contribution in [3.8, 4) is 0 Å². The van der Waals surface area contributed by atoms with E-state index in [1.807, 2.05) is 12.4 Å². The molecule has 0 saturated heterocycles. The lowest BCUT2D eigenvalue weighted by Gasteiger charge is -1.97. The highest BCUT2D eigenvalue weighted by Crippen LogP contribution is 2.06. The van der Waals surface area contributed by atoms with Crippen molar-refractivity contribution < 1.29 is 14.1 Å². The molecule has 0 aromatic heterocycles. The summed E-state index contributed by atoms with van der Waals surface area (Å²) >= 11 is 0. The van der Waals surface area contributed by atoms with E-state index in [2.05, 4.69) is 0 Å². The third kappa shape index (κ3) is 1.98. The van der Waals surface area contributed by atoms with Crippen molar-refractivity contribution in [2.24, 2.45) is 0 Å². The van der Waals surface area contributed by atoms with E-state index in [1.165, 1.54) is 6.07 Å². The summed E-state index contributed by atoms with van der Waals surface area (Å²) in [5, 5.41) is 1.90. The van der Waals surface area contributed by atoms with Crippen LogP contribution < -0.4 is 5.32 Å². The molecule has 0 aliphatic heterocycles. The topological polar surface area (TPSA) is 16.6 Å². The molecule has 0 spiro atoms. The standard InChI is InChI=1S/C8H9F2N/c1-11-5-6-2-3-7(9)8(10)4-6/h2-4,11H,5H2,1H3/p+1. The fourth-order valence-corrected chi connectivity index (χ4v) is 0.902. The molecule has 1 rings (SSSR count). The Bertz CT molecular complexity index is 248. The Morgan fingerprint density at radius 2 is 2.00 bits per heavy atom. The van der Waals surface area contributed by atoms with E-state index in [-0.39, 0.29) is 0 Å². The Morgan fingerprint density at radius 3 is 2.55 bits per heavy atom. The number of nitrogens with two attached hydrogens (primary N) is 1. The van der Waals surface area contributed by atoms with Crippen LogP contribution in [-0.4, -0.2) is 7.05 Å². The zero-order valence-electron chi connectivity index (χ0n) is 6.27. The number of benzene rings is 1. The zero-order valence-corrected chi connectivity index (χ0v) is 6.27. The predicted octanol–water partition coefficient (Wildman–Crippen LogP) is 0.658. The van der Waals surface area contributed by atoms with E-state index in [0.29, 0.717) is 6.54 Å². The molecular formula is C8H10F2N+. The van der Waals surface area contributed by atoms with Crippen molar-refractivity contribution in [3.05, 3.63) is 35.4 Å². The molecule has 0 amide bonds. The molecule has 0 unspecified atom stereocenters. The molecule has 1 aromatic rings. The van der Waals surface area contributed by atoms with Gasteiger partial charge >= 0.3 is 0 Å². The summed E-state index contributed by atoms with van der Waals surface area (Å²) in [6.07, 6.45) is 0. The van der Waals surface area contributed by atoms with Crippen molar-refractivity contribution in [2.45, 2.75) is 6.54 Å². The quantitative estimate of drug-likeness (QED) is 0.651. The van der Waals surface area contributed by atoms with Gasteiger partial charge in [-0.05, 0) is 12.1 Å². The summed E-state index contributed by atoms with van der Waals surface area (Å²) in [5.41, 5.74) is 0.798. The van der Waals surface area contributed by atoms with Gasteiger partial charge in [-0.3, -0.25) is 0 Å². The first-order valence-corrected chi connectivity index (χ1v) is 3.46. The van der Waals surface area contributed by atoms with Crippen molar-refractivity contribution >= 4 is 0 Å². The summed E-state index contributed by atoms with van der Waals surface area (Å²) in [7, 11) is 1.88. The molecule has 0 atom stereocenters. The largest absolute Gasteiger partial charge is 0.345 e. The fraction of sp³-hybridized carbons (Fsp3) is 0.250. The molecule has 3 heteroatoms. The van der Waals surface area contributed by atoms with Gasteiger partial charge in [-0.2, -0.15) is 0 Å². The minimum atomic E-state index is -0.787. The Kier molecular flexibility index (Phi) is 2.54. The van der Waals surface area contributed by atoms with E-state index in [4.69, 9.17) is 0 Å². The van der Waals surface area contributed by atoms with Gasteiger partial charge in [0, 0.05) is 5.56 Å². The monoisotopic (exact) mass is 158 g/mol. The molecule has 0 bridgehead atoms. The van der Waals surface area contributed by atoms with Crippen LogP contribution >= 0.6 is 0 Å². The van der Waals surface area contributed by atoms with Gasteiger partial charge in [0.05, 0.1) is 7.05 Å². The van der Waals surface area contributed by atoms with Gasteiger partial charge in [0.1, 0.15) is 6.54 Å². The number of hydrogen-bond donors (Lipinski definition) is 1. The van der Waals surface area contributed by atoms with Crippen LogP contribution in [0.5, 0.6) is 0 Å². The van der Waals surface area contributed by atoms with Gasteiger partial charge in [-0.1, -0.05) is 6.07 Å². The molecule has 0 fully saturated rings. The summed E-state index contributed by atoms with van der Waals surface area (Å²) < 4.78 is 24.9. The van der Waals surface area contributed by atoms with Crippen molar-refractivity contribution in [3.63, 3.8) is 0 Å². The van der Waals surface area contributed by atoms with E-state index < -0.39 is 11.6 Å². The SMILES string of the molecule is C[NH2+]Cc1ccc(F)c(F)c1. The number of quaternary nitrogens is 1. The summed E-state index contributed by atoms with van der Waals surface area (Å²) in [5.74, 6) is -1.56. The molecule has 60 valence electrons. The van der Waals surface area contributed by atoms with E-state index in [1.54, 1.807) is 6.07 Å². The summed E-state index contributed by atoms with van der Waals surface area (Å²) in [4.78, 5) is 0. The molecule has 1 nitrogen and oxygen atoms in total. The highest BCUT2D eigenvalue weighted by Gasteiger charge is 2.01. The number of halogens is 2. The van der Waals surface area contributed by atoms with Crippen molar-refractivity contribution in [1.82, 2.24) is 0 Å². The third-order valence-corrected chi connectivity index (χ3v) is 1.42. The molecule has 0 saturated carbocycles. The third-order valence-electron chi connectivity index (χ3n) is 1.42. The second-order valence-corrected chi connectivity index (χ2v) is 2.36. The Balaban J connectivity index is 2.86. The van der Waals surface area contributed by atoms with Gasteiger partial charge in [0.25, 0.3) is 0 Å². The smallest absolute Gasteiger partial charge is 0.159 e. The van der Waals surface area contributed by atoms with E-state index in [0.717, 1.165) is 11.6 Å². The van der Waals surface area contributed by atoms with Crippen LogP contribution in [0.2, 0.25) is 0 Å². The second kappa shape index (κ2) is 3.44. The van der Waals surface area contributed by atoms with Crippen LogP contribution in [0.15, 0.2) is 18.2 Å². The van der Waals surface area contributed by atoms with Crippen LogP contribution in [0.3, 0.4) is 0 Å². The van der Waals surface area contributed by atoms with E-state index in [9.17, 15) is 8.78 Å². The maximum atomic E-state index is 12.5. The fourth-order valence-electron chi connectivity index (χ4n) is 0.902. The lowest BCUT2D eigenvalue weighted by molar-refractivity contribution is -0.643. The van der Waals surface area contributed by atoms with Gasteiger partial charge < -0.3 is 5.32 Å². The van der Waals surface area contributed by atoms with Gasteiger partial charge in [0.15, 0.2) is 11.6 Å². The van der Waals surface area contributed by atoms with Crippen LogP contribution in [0.4, 0.5) is 8.78 Å². The lowest BCUT2D eigenvalue weighted by atomic mass is 10.2. The van der Waals surface area contributed by atoms with Crippen LogP contribution in [-0.2, 0) is 6.54 Å². The molecule has 0 radical (unpaired) electrons.